The monoisotopic (exact) mass is 221 g/mol. The summed E-state index contributed by atoms with van der Waals surface area (Å²) in [4.78, 5) is 12.7. The third kappa shape index (κ3) is 2.95. The van der Waals surface area contributed by atoms with Crippen molar-refractivity contribution in [2.75, 3.05) is 32.2 Å². The van der Waals surface area contributed by atoms with Crippen molar-refractivity contribution in [2.24, 2.45) is 0 Å². The van der Waals surface area contributed by atoms with Gasteiger partial charge in [-0.2, -0.15) is 0 Å². The van der Waals surface area contributed by atoms with Crippen LogP contribution in [0, 0.1) is 0 Å². The molecule has 0 amide bonds. The minimum Gasteiger partial charge on any atom is -0.468 e. The molecule has 14 heavy (non-hydrogen) atoms. The van der Waals surface area contributed by atoms with E-state index in [2.05, 4.69) is 4.74 Å². The molecule has 1 fully saturated rings. The van der Waals surface area contributed by atoms with Gasteiger partial charge in [0, 0.05) is 6.04 Å². The van der Waals surface area contributed by atoms with E-state index in [0.717, 1.165) is 0 Å². The standard InChI is InChI=1S/C8H15NO4S/c1-9(5-8(10)13-2)7-3-4-14(11,12)6-7/h7H,3-6H2,1-2H3. The number of hydrogen-bond donors (Lipinski definition) is 0. The van der Waals surface area contributed by atoms with Crippen molar-refractivity contribution in [3.05, 3.63) is 0 Å². The van der Waals surface area contributed by atoms with Gasteiger partial charge in [-0.1, -0.05) is 0 Å². The minimum absolute atomic E-state index is 0.0425. The van der Waals surface area contributed by atoms with Crippen LogP contribution < -0.4 is 0 Å². The summed E-state index contributed by atoms with van der Waals surface area (Å²) in [6, 6.07) is -0.0425. The fourth-order valence-electron chi connectivity index (χ4n) is 1.52. The van der Waals surface area contributed by atoms with Crippen LogP contribution in [0.15, 0.2) is 0 Å². The summed E-state index contributed by atoms with van der Waals surface area (Å²) in [5, 5.41) is 0. The van der Waals surface area contributed by atoms with Crippen molar-refractivity contribution in [3.63, 3.8) is 0 Å². The largest absolute Gasteiger partial charge is 0.468 e. The lowest BCUT2D eigenvalue weighted by molar-refractivity contribution is -0.142. The molecular formula is C8H15NO4S. The zero-order valence-electron chi connectivity index (χ0n) is 8.39. The maximum absolute atomic E-state index is 11.2. The lowest BCUT2D eigenvalue weighted by atomic mass is 10.2. The molecule has 0 spiro atoms. The highest BCUT2D eigenvalue weighted by atomic mass is 32.2. The Morgan fingerprint density at radius 3 is 2.64 bits per heavy atom. The quantitative estimate of drug-likeness (QED) is 0.588. The molecule has 1 heterocycles. The average molecular weight is 221 g/mol. The molecular weight excluding hydrogens is 206 g/mol. The summed E-state index contributed by atoms with van der Waals surface area (Å²) in [6.45, 7) is 0.149. The van der Waals surface area contributed by atoms with Gasteiger partial charge in [-0.05, 0) is 13.5 Å². The van der Waals surface area contributed by atoms with E-state index in [1.54, 1.807) is 11.9 Å². The molecule has 6 heteroatoms. The molecule has 0 bridgehead atoms. The van der Waals surface area contributed by atoms with Gasteiger partial charge in [0.1, 0.15) is 0 Å². The second-order valence-corrected chi connectivity index (χ2v) is 5.78. The van der Waals surface area contributed by atoms with E-state index in [-0.39, 0.29) is 30.1 Å². The van der Waals surface area contributed by atoms with E-state index >= 15 is 0 Å². The Labute approximate surface area is 83.9 Å². The summed E-state index contributed by atoms with van der Waals surface area (Å²) >= 11 is 0. The van der Waals surface area contributed by atoms with Crippen molar-refractivity contribution in [3.8, 4) is 0 Å². The van der Waals surface area contributed by atoms with Gasteiger partial charge in [-0.3, -0.25) is 9.69 Å². The zero-order valence-corrected chi connectivity index (χ0v) is 9.21. The molecule has 1 unspecified atom stereocenters. The van der Waals surface area contributed by atoms with Gasteiger partial charge < -0.3 is 4.74 Å². The SMILES string of the molecule is COC(=O)CN(C)C1CCS(=O)(=O)C1. The summed E-state index contributed by atoms with van der Waals surface area (Å²) in [6.07, 6.45) is 0.607. The Morgan fingerprint density at radius 2 is 2.21 bits per heavy atom. The van der Waals surface area contributed by atoms with Crippen LogP contribution in [0.4, 0.5) is 0 Å². The van der Waals surface area contributed by atoms with Gasteiger partial charge in [0.05, 0.1) is 25.2 Å². The Bertz CT molecular complexity index is 311. The molecule has 1 rings (SSSR count). The van der Waals surface area contributed by atoms with Crippen LogP contribution in [0.3, 0.4) is 0 Å². The maximum Gasteiger partial charge on any atom is 0.319 e. The first-order chi connectivity index (χ1) is 6.44. The second-order valence-electron chi connectivity index (χ2n) is 3.55. The van der Waals surface area contributed by atoms with Crippen molar-refractivity contribution in [1.29, 1.82) is 0 Å². The van der Waals surface area contributed by atoms with Crippen molar-refractivity contribution < 1.29 is 17.9 Å². The van der Waals surface area contributed by atoms with E-state index < -0.39 is 9.84 Å². The van der Waals surface area contributed by atoms with Gasteiger partial charge in [-0.15, -0.1) is 0 Å². The molecule has 0 aromatic rings. The number of likely N-dealkylation sites (N-methyl/N-ethyl adjacent to an activating group) is 1. The van der Waals surface area contributed by atoms with Crippen LogP contribution in [0.1, 0.15) is 6.42 Å². The molecule has 0 radical (unpaired) electrons. The number of rotatable bonds is 3. The number of hydrogen-bond acceptors (Lipinski definition) is 5. The summed E-state index contributed by atoms with van der Waals surface area (Å²) < 4.78 is 26.8. The summed E-state index contributed by atoms with van der Waals surface area (Å²) in [5.74, 6) is 0.0423. The van der Waals surface area contributed by atoms with Crippen molar-refractivity contribution >= 4 is 15.8 Å². The number of nitrogens with zero attached hydrogens (tertiary/aromatic N) is 1. The Balaban J connectivity index is 2.47. The Kier molecular flexibility index (Phi) is 3.49. The molecule has 1 atom stereocenters. The van der Waals surface area contributed by atoms with E-state index in [1.807, 2.05) is 0 Å². The molecule has 1 aliphatic rings. The zero-order chi connectivity index (χ0) is 10.8. The van der Waals surface area contributed by atoms with Crippen molar-refractivity contribution in [1.82, 2.24) is 4.90 Å². The molecule has 0 N–H and O–H groups in total. The lowest BCUT2D eigenvalue weighted by Crippen LogP contribution is -2.37. The van der Waals surface area contributed by atoms with Crippen LogP contribution in [0.5, 0.6) is 0 Å². The molecule has 82 valence electrons. The van der Waals surface area contributed by atoms with Crippen LogP contribution >= 0.6 is 0 Å². The van der Waals surface area contributed by atoms with Gasteiger partial charge in [-0.25, -0.2) is 8.42 Å². The highest BCUT2D eigenvalue weighted by molar-refractivity contribution is 7.91. The number of carbonyl (C=O) groups excluding carboxylic acids is 1. The van der Waals surface area contributed by atoms with Gasteiger partial charge in [0.2, 0.25) is 0 Å². The summed E-state index contributed by atoms with van der Waals surface area (Å²) in [5.41, 5.74) is 0. The fourth-order valence-corrected chi connectivity index (χ4v) is 3.33. The number of methoxy groups -OCH3 is 1. The first-order valence-corrected chi connectivity index (χ1v) is 6.24. The number of ether oxygens (including phenoxy) is 1. The van der Waals surface area contributed by atoms with E-state index in [4.69, 9.17) is 0 Å². The van der Waals surface area contributed by atoms with Crippen LogP contribution in [0.2, 0.25) is 0 Å². The lowest BCUT2D eigenvalue weighted by Gasteiger charge is -2.21. The predicted molar refractivity (Wildman–Crippen MR) is 51.7 cm³/mol. The summed E-state index contributed by atoms with van der Waals surface area (Å²) in [7, 11) is 0.183. The van der Waals surface area contributed by atoms with E-state index in [9.17, 15) is 13.2 Å². The molecule has 1 aliphatic heterocycles. The Morgan fingerprint density at radius 1 is 1.57 bits per heavy atom. The van der Waals surface area contributed by atoms with Crippen LogP contribution in [0.25, 0.3) is 0 Å². The minimum atomic E-state index is -2.88. The second kappa shape index (κ2) is 4.27. The topological polar surface area (TPSA) is 63.7 Å². The van der Waals surface area contributed by atoms with Gasteiger partial charge >= 0.3 is 5.97 Å². The molecule has 1 saturated heterocycles. The Hall–Kier alpha value is -0.620. The highest BCUT2D eigenvalue weighted by Crippen LogP contribution is 2.15. The number of sulfone groups is 1. The third-order valence-electron chi connectivity index (χ3n) is 2.44. The number of carbonyl (C=O) groups is 1. The number of esters is 1. The van der Waals surface area contributed by atoms with Crippen LogP contribution in [-0.4, -0.2) is 57.5 Å². The molecule has 0 aromatic carbocycles. The third-order valence-corrected chi connectivity index (χ3v) is 4.19. The molecule has 5 nitrogen and oxygen atoms in total. The van der Waals surface area contributed by atoms with Crippen molar-refractivity contribution in [2.45, 2.75) is 12.5 Å². The molecule has 0 aliphatic carbocycles. The smallest absolute Gasteiger partial charge is 0.319 e. The predicted octanol–water partition coefficient (Wildman–Crippen LogP) is -0.722. The normalized spacial score (nSPS) is 25.2. The fraction of sp³-hybridized carbons (Fsp3) is 0.875. The highest BCUT2D eigenvalue weighted by Gasteiger charge is 2.31. The van der Waals surface area contributed by atoms with E-state index in [0.29, 0.717) is 6.42 Å². The van der Waals surface area contributed by atoms with E-state index in [1.165, 1.54) is 7.11 Å². The average Bonchev–Trinajstić information content (AvgIpc) is 2.46. The maximum atomic E-state index is 11.2. The molecule has 0 saturated carbocycles. The van der Waals surface area contributed by atoms with Gasteiger partial charge in [0.25, 0.3) is 0 Å². The first kappa shape index (κ1) is 11.5. The molecule has 0 aromatic heterocycles. The first-order valence-electron chi connectivity index (χ1n) is 4.42. The van der Waals surface area contributed by atoms with Crippen LogP contribution in [-0.2, 0) is 19.4 Å². The van der Waals surface area contributed by atoms with Gasteiger partial charge in [0.15, 0.2) is 9.84 Å².